The molecule has 0 saturated carbocycles. The fourth-order valence-corrected chi connectivity index (χ4v) is 1.95. The van der Waals surface area contributed by atoms with Crippen LogP contribution in [-0.4, -0.2) is 34.6 Å². The summed E-state index contributed by atoms with van der Waals surface area (Å²) in [7, 11) is 1.93. The monoisotopic (exact) mass is 259 g/mol. The number of carbonyl (C=O) groups is 1. The van der Waals surface area contributed by atoms with Crippen LogP contribution in [0.15, 0.2) is 24.3 Å². The molecule has 1 aromatic carbocycles. The van der Waals surface area contributed by atoms with E-state index in [0.29, 0.717) is 11.3 Å². The maximum absolute atomic E-state index is 11.1. The highest BCUT2D eigenvalue weighted by molar-refractivity contribution is 5.93. The molecular weight excluding hydrogens is 242 g/mol. The Labute approximate surface area is 111 Å². The summed E-state index contributed by atoms with van der Waals surface area (Å²) in [5.74, 6) is -0.579. The molecule has 0 radical (unpaired) electrons. The van der Waals surface area contributed by atoms with Gasteiger partial charge in [-0.3, -0.25) is 0 Å². The molecule has 1 N–H and O–H groups in total. The highest BCUT2D eigenvalue weighted by Gasteiger charge is 2.14. The Morgan fingerprint density at radius 1 is 1.32 bits per heavy atom. The number of fused-ring (bicyclic) bond motifs is 1. The molecule has 0 saturated heterocycles. The number of aromatic nitrogens is 2. The molecule has 0 fully saturated rings. The summed E-state index contributed by atoms with van der Waals surface area (Å²) in [5, 5.41) is 9.96. The second-order valence-electron chi connectivity index (χ2n) is 4.47. The molecule has 0 amide bonds. The average Bonchev–Trinajstić information content (AvgIpc) is 2.43. The van der Waals surface area contributed by atoms with Crippen molar-refractivity contribution in [3.63, 3.8) is 0 Å². The number of unbranched alkanes of at least 4 members (excludes halogenated alkanes) is 1. The van der Waals surface area contributed by atoms with Crippen LogP contribution in [0.4, 0.5) is 5.82 Å². The van der Waals surface area contributed by atoms with Gasteiger partial charge < -0.3 is 10.0 Å². The fraction of sp³-hybridized carbons (Fsp3) is 0.357. The number of benzene rings is 1. The lowest BCUT2D eigenvalue weighted by Gasteiger charge is -2.19. The van der Waals surface area contributed by atoms with Gasteiger partial charge in [0.25, 0.3) is 0 Å². The number of hydrogen-bond donors (Lipinski definition) is 1. The molecule has 0 aliphatic carbocycles. The van der Waals surface area contributed by atoms with E-state index in [-0.39, 0.29) is 5.82 Å². The Morgan fingerprint density at radius 2 is 2.05 bits per heavy atom. The molecule has 100 valence electrons. The van der Waals surface area contributed by atoms with E-state index >= 15 is 0 Å². The maximum Gasteiger partial charge on any atom is 0.374 e. The van der Waals surface area contributed by atoms with Crippen molar-refractivity contribution in [3.8, 4) is 0 Å². The normalized spacial score (nSPS) is 10.6. The molecule has 0 aliphatic heterocycles. The van der Waals surface area contributed by atoms with Crippen molar-refractivity contribution in [1.29, 1.82) is 0 Å². The lowest BCUT2D eigenvalue weighted by molar-refractivity contribution is 0.0684. The number of carboxylic acid groups (broad SMARTS) is 1. The van der Waals surface area contributed by atoms with Crippen LogP contribution in [0, 0.1) is 0 Å². The molecule has 0 unspecified atom stereocenters. The summed E-state index contributed by atoms with van der Waals surface area (Å²) < 4.78 is 0. The van der Waals surface area contributed by atoms with E-state index in [1.807, 2.05) is 30.1 Å². The topological polar surface area (TPSA) is 66.3 Å². The van der Waals surface area contributed by atoms with Crippen molar-refractivity contribution in [3.05, 3.63) is 30.1 Å². The standard InChI is InChI=1S/C14H17N3O2/c1-3-4-9-17(2)13-10-7-5-6-8-11(10)15-12(16-13)14(18)19/h5-8H,3-4,9H2,1-2H3,(H,18,19). The zero-order chi connectivity index (χ0) is 13.8. The zero-order valence-corrected chi connectivity index (χ0v) is 11.1. The highest BCUT2D eigenvalue weighted by atomic mass is 16.4. The van der Waals surface area contributed by atoms with Crippen LogP contribution < -0.4 is 4.90 Å². The van der Waals surface area contributed by atoms with Crippen molar-refractivity contribution in [2.45, 2.75) is 19.8 Å². The summed E-state index contributed by atoms with van der Waals surface area (Å²) in [6.07, 6.45) is 2.12. The Morgan fingerprint density at radius 3 is 2.74 bits per heavy atom. The number of rotatable bonds is 5. The van der Waals surface area contributed by atoms with Crippen LogP contribution in [0.1, 0.15) is 30.4 Å². The largest absolute Gasteiger partial charge is 0.475 e. The molecule has 1 heterocycles. The Balaban J connectivity index is 2.53. The third-order valence-electron chi connectivity index (χ3n) is 2.98. The second kappa shape index (κ2) is 5.65. The van der Waals surface area contributed by atoms with E-state index in [2.05, 4.69) is 16.9 Å². The van der Waals surface area contributed by atoms with Crippen LogP contribution in [0.3, 0.4) is 0 Å². The minimum absolute atomic E-state index is 0.156. The van der Waals surface area contributed by atoms with Gasteiger partial charge in [-0.15, -0.1) is 0 Å². The molecule has 5 heteroatoms. The summed E-state index contributed by atoms with van der Waals surface area (Å²) in [4.78, 5) is 21.3. The van der Waals surface area contributed by atoms with Gasteiger partial charge in [0.1, 0.15) is 5.82 Å². The molecule has 2 aromatic rings. The summed E-state index contributed by atoms with van der Waals surface area (Å²) >= 11 is 0. The van der Waals surface area contributed by atoms with Gasteiger partial charge in [-0.05, 0) is 18.6 Å². The van der Waals surface area contributed by atoms with Crippen LogP contribution in [0.2, 0.25) is 0 Å². The van der Waals surface area contributed by atoms with Gasteiger partial charge in [0.15, 0.2) is 0 Å². The molecule has 1 aromatic heterocycles. The smallest absolute Gasteiger partial charge is 0.374 e. The summed E-state index contributed by atoms with van der Waals surface area (Å²) in [6.45, 7) is 2.96. The molecule has 0 bridgehead atoms. The van der Waals surface area contributed by atoms with E-state index in [1.165, 1.54) is 0 Å². The van der Waals surface area contributed by atoms with Gasteiger partial charge >= 0.3 is 5.97 Å². The number of carboxylic acids is 1. The van der Waals surface area contributed by atoms with Gasteiger partial charge in [-0.25, -0.2) is 14.8 Å². The van der Waals surface area contributed by atoms with Crippen molar-refractivity contribution < 1.29 is 9.90 Å². The first kappa shape index (κ1) is 13.3. The quantitative estimate of drug-likeness (QED) is 0.893. The molecule has 0 atom stereocenters. The van der Waals surface area contributed by atoms with Gasteiger partial charge in [-0.2, -0.15) is 0 Å². The molecule has 5 nitrogen and oxygen atoms in total. The van der Waals surface area contributed by atoms with Crippen LogP contribution in [-0.2, 0) is 0 Å². The second-order valence-corrected chi connectivity index (χ2v) is 4.47. The maximum atomic E-state index is 11.1. The Bertz CT molecular complexity index is 598. The third-order valence-corrected chi connectivity index (χ3v) is 2.98. The zero-order valence-electron chi connectivity index (χ0n) is 11.1. The predicted octanol–water partition coefficient (Wildman–Crippen LogP) is 2.56. The predicted molar refractivity (Wildman–Crippen MR) is 74.7 cm³/mol. The Kier molecular flexibility index (Phi) is 3.94. The van der Waals surface area contributed by atoms with Crippen molar-refractivity contribution in [2.24, 2.45) is 0 Å². The van der Waals surface area contributed by atoms with Gasteiger partial charge in [0.05, 0.1) is 5.52 Å². The van der Waals surface area contributed by atoms with E-state index in [0.717, 1.165) is 24.8 Å². The van der Waals surface area contributed by atoms with Crippen LogP contribution in [0.5, 0.6) is 0 Å². The van der Waals surface area contributed by atoms with Crippen LogP contribution >= 0.6 is 0 Å². The number of aromatic carboxylic acids is 1. The molecule has 0 aliphatic rings. The SMILES string of the molecule is CCCCN(C)c1nc(C(=O)O)nc2ccccc12. The number of anilines is 1. The average molecular weight is 259 g/mol. The highest BCUT2D eigenvalue weighted by Crippen LogP contribution is 2.23. The number of hydrogen-bond acceptors (Lipinski definition) is 4. The summed E-state index contributed by atoms with van der Waals surface area (Å²) in [6, 6.07) is 7.47. The number of nitrogens with zero attached hydrogens (tertiary/aromatic N) is 3. The number of para-hydroxylation sites is 1. The minimum Gasteiger partial charge on any atom is -0.475 e. The molecular formula is C14H17N3O2. The summed E-state index contributed by atoms with van der Waals surface area (Å²) in [5.41, 5.74) is 0.660. The van der Waals surface area contributed by atoms with Gasteiger partial charge in [-0.1, -0.05) is 25.5 Å². The fourth-order valence-electron chi connectivity index (χ4n) is 1.95. The molecule has 0 spiro atoms. The van der Waals surface area contributed by atoms with Crippen molar-refractivity contribution in [2.75, 3.05) is 18.5 Å². The minimum atomic E-state index is -1.10. The molecule has 2 rings (SSSR count). The van der Waals surface area contributed by atoms with Gasteiger partial charge in [0, 0.05) is 19.0 Å². The van der Waals surface area contributed by atoms with E-state index in [1.54, 1.807) is 6.07 Å². The molecule has 19 heavy (non-hydrogen) atoms. The first-order valence-corrected chi connectivity index (χ1v) is 6.34. The van der Waals surface area contributed by atoms with Crippen molar-refractivity contribution >= 4 is 22.7 Å². The van der Waals surface area contributed by atoms with Gasteiger partial charge in [0.2, 0.25) is 5.82 Å². The lowest BCUT2D eigenvalue weighted by atomic mass is 10.2. The van der Waals surface area contributed by atoms with Crippen molar-refractivity contribution in [1.82, 2.24) is 9.97 Å². The van der Waals surface area contributed by atoms with E-state index in [4.69, 9.17) is 5.11 Å². The third kappa shape index (κ3) is 2.81. The van der Waals surface area contributed by atoms with E-state index < -0.39 is 5.97 Å². The van der Waals surface area contributed by atoms with E-state index in [9.17, 15) is 4.79 Å². The first-order valence-electron chi connectivity index (χ1n) is 6.34. The Hall–Kier alpha value is -2.17. The lowest BCUT2D eigenvalue weighted by Crippen LogP contribution is -2.21. The first-order chi connectivity index (χ1) is 9.13. The van der Waals surface area contributed by atoms with Crippen LogP contribution in [0.25, 0.3) is 10.9 Å².